The summed E-state index contributed by atoms with van der Waals surface area (Å²) in [5.41, 5.74) is -4.18. The number of carbonyl (C=O) groups excluding carboxylic acids is 2. The molecule has 3 aromatic carbocycles. The van der Waals surface area contributed by atoms with Gasteiger partial charge in [-0.25, -0.2) is 4.79 Å². The van der Waals surface area contributed by atoms with Crippen LogP contribution in [0.3, 0.4) is 0 Å². The minimum atomic E-state index is -5.74. The lowest BCUT2D eigenvalue weighted by atomic mass is 10.0. The van der Waals surface area contributed by atoms with Crippen molar-refractivity contribution in [3.8, 4) is 5.75 Å². The molecule has 3 rings (SSSR count). The van der Waals surface area contributed by atoms with Gasteiger partial charge in [0.25, 0.3) is 0 Å². The van der Waals surface area contributed by atoms with E-state index in [9.17, 15) is 22.9 Å². The van der Waals surface area contributed by atoms with E-state index >= 15 is 0 Å². The van der Waals surface area contributed by atoms with Crippen LogP contribution in [0.15, 0.2) is 72.8 Å². The molecule has 0 aliphatic carbocycles. The number of alkyl carbamates (subject to hydrolysis) is 1. The fourth-order valence-electron chi connectivity index (χ4n) is 3.53. The first-order valence-corrected chi connectivity index (χ1v) is 14.6. The lowest BCUT2D eigenvalue weighted by Crippen LogP contribution is -2.48. The maximum Gasteiger partial charge on any atom is 0.408 e. The fourth-order valence-corrected chi connectivity index (χ4v) is 4.30. The highest BCUT2D eigenvalue weighted by Crippen LogP contribution is 2.59. The maximum absolute atomic E-state index is 14.0. The van der Waals surface area contributed by atoms with Crippen LogP contribution >= 0.6 is 30.8 Å². The van der Waals surface area contributed by atoms with Crippen molar-refractivity contribution in [2.75, 3.05) is 13.2 Å². The van der Waals surface area contributed by atoms with E-state index in [1.807, 2.05) is 0 Å². The second-order valence-corrected chi connectivity index (χ2v) is 11.3. The van der Waals surface area contributed by atoms with Gasteiger partial charge < -0.3 is 29.9 Å². The average Bonchev–Trinajstić information content (AvgIpc) is 2.93. The molecular weight excluding hydrogens is 604 g/mol. The molecule has 14 heteroatoms. The van der Waals surface area contributed by atoms with Crippen molar-refractivity contribution in [2.45, 2.75) is 31.2 Å². The Morgan fingerprint density at radius 1 is 0.951 bits per heavy atom. The van der Waals surface area contributed by atoms with Crippen LogP contribution in [0.2, 0.25) is 10.0 Å². The number of carbonyl (C=O) groups is 2. The normalized spacial score (nSPS) is 12.3. The molecule has 0 aromatic heterocycles. The topological polar surface area (TPSA) is 134 Å². The number of hydrogen-bond donors (Lipinski definition) is 4. The summed E-state index contributed by atoms with van der Waals surface area (Å²) in [6, 6.07) is 16.6. The molecule has 2 amide bonds. The molecule has 9 nitrogen and oxygen atoms in total. The lowest BCUT2D eigenvalue weighted by molar-refractivity contribution is -0.123. The second kappa shape index (κ2) is 14.6. The third-order valence-corrected chi connectivity index (χ3v) is 7.44. The Hall–Kier alpha value is -3.21. The van der Waals surface area contributed by atoms with E-state index < -0.39 is 36.9 Å². The molecular formula is C27H27Cl2F2N2O7P. The van der Waals surface area contributed by atoms with Gasteiger partial charge in [0.05, 0.1) is 16.7 Å². The van der Waals surface area contributed by atoms with Gasteiger partial charge in [-0.2, -0.15) is 8.78 Å². The Labute approximate surface area is 244 Å². The Bertz CT molecular complexity index is 1380. The summed E-state index contributed by atoms with van der Waals surface area (Å²) < 4.78 is 50.0. The van der Waals surface area contributed by atoms with Crippen LogP contribution in [0, 0.1) is 0 Å². The monoisotopic (exact) mass is 630 g/mol. The Balaban J connectivity index is 1.61. The Morgan fingerprint density at radius 3 is 2.27 bits per heavy atom. The highest BCUT2D eigenvalue weighted by atomic mass is 35.5. The van der Waals surface area contributed by atoms with Crippen molar-refractivity contribution in [3.63, 3.8) is 0 Å². The quantitative estimate of drug-likeness (QED) is 0.142. The summed E-state index contributed by atoms with van der Waals surface area (Å²) in [6.45, 7) is 0.384. The molecule has 0 heterocycles. The molecule has 0 aliphatic heterocycles. The number of nitrogens with one attached hydrogen (secondary N) is 2. The Kier molecular flexibility index (Phi) is 11.5. The van der Waals surface area contributed by atoms with E-state index in [2.05, 4.69) is 10.6 Å². The third-order valence-electron chi connectivity index (χ3n) is 5.71. The van der Waals surface area contributed by atoms with Crippen molar-refractivity contribution in [2.24, 2.45) is 0 Å². The first-order valence-electron chi connectivity index (χ1n) is 12.2. The molecule has 0 spiro atoms. The van der Waals surface area contributed by atoms with Gasteiger partial charge in [-0.05, 0) is 29.7 Å². The predicted molar refractivity (Wildman–Crippen MR) is 149 cm³/mol. The van der Waals surface area contributed by atoms with Crippen molar-refractivity contribution in [1.82, 2.24) is 10.6 Å². The maximum atomic E-state index is 14.0. The van der Waals surface area contributed by atoms with Crippen LogP contribution in [0.5, 0.6) is 5.75 Å². The summed E-state index contributed by atoms with van der Waals surface area (Å²) in [4.78, 5) is 43.3. The van der Waals surface area contributed by atoms with Crippen molar-refractivity contribution < 1.29 is 42.2 Å². The van der Waals surface area contributed by atoms with Crippen molar-refractivity contribution in [1.29, 1.82) is 0 Å². The molecule has 1 unspecified atom stereocenters. The van der Waals surface area contributed by atoms with E-state index in [4.69, 9.17) is 42.5 Å². The van der Waals surface area contributed by atoms with Crippen LogP contribution in [0.4, 0.5) is 13.6 Å². The van der Waals surface area contributed by atoms with Gasteiger partial charge in [0.15, 0.2) is 0 Å². The molecule has 41 heavy (non-hydrogen) atoms. The Morgan fingerprint density at radius 2 is 1.63 bits per heavy atom. The number of ether oxygens (including phenoxy) is 2. The van der Waals surface area contributed by atoms with Crippen LogP contribution in [0.1, 0.15) is 23.1 Å². The standard InChI is InChI=1S/C27H27Cl2F2N2O7P/c28-22-12-11-21(16-23(22)29)39-14-4-13-32-25(34)24(33-26(35)40-17-19-5-2-1-3-6-19)15-18-7-9-20(10-8-18)27(30,31)41(36,37)38/h1-3,5-12,16,24H,4,13-15,17H2,(H,32,34)(H,33,35)(H2,36,37,38). The van der Waals surface area contributed by atoms with Crippen LogP contribution in [-0.2, 0) is 32.8 Å². The highest BCUT2D eigenvalue weighted by molar-refractivity contribution is 7.52. The van der Waals surface area contributed by atoms with Gasteiger partial charge in [0.2, 0.25) is 5.91 Å². The summed E-state index contributed by atoms with van der Waals surface area (Å²) in [5, 5.41) is 5.89. The zero-order chi connectivity index (χ0) is 30.0. The molecule has 1 atom stereocenters. The van der Waals surface area contributed by atoms with Gasteiger partial charge in [0.1, 0.15) is 18.4 Å². The lowest BCUT2D eigenvalue weighted by Gasteiger charge is -2.20. The van der Waals surface area contributed by atoms with Crippen LogP contribution < -0.4 is 15.4 Å². The molecule has 3 aromatic rings. The molecule has 0 radical (unpaired) electrons. The molecule has 0 fully saturated rings. The average molecular weight is 631 g/mol. The molecule has 0 saturated carbocycles. The predicted octanol–water partition coefficient (Wildman–Crippen LogP) is 5.64. The first-order chi connectivity index (χ1) is 19.4. The fraction of sp³-hybridized carbons (Fsp3) is 0.259. The number of hydrogen-bond acceptors (Lipinski definition) is 5. The minimum Gasteiger partial charge on any atom is -0.493 e. The largest absolute Gasteiger partial charge is 0.493 e. The number of benzene rings is 3. The number of halogens is 4. The van der Waals surface area contributed by atoms with Gasteiger partial charge in [-0.1, -0.05) is 77.8 Å². The minimum absolute atomic E-state index is 0.0424. The summed E-state index contributed by atoms with van der Waals surface area (Å²) in [6.07, 6.45) is -0.585. The van der Waals surface area contributed by atoms with E-state index in [1.165, 1.54) is 12.1 Å². The number of amides is 2. The van der Waals surface area contributed by atoms with Crippen LogP contribution in [-0.4, -0.2) is 41.0 Å². The summed E-state index contributed by atoms with van der Waals surface area (Å²) >= 11 is 11.8. The van der Waals surface area contributed by atoms with Gasteiger partial charge in [-0.3, -0.25) is 9.36 Å². The number of alkyl halides is 2. The second-order valence-electron chi connectivity index (χ2n) is 8.81. The molecule has 0 bridgehead atoms. The third kappa shape index (κ3) is 9.69. The highest BCUT2D eigenvalue weighted by Gasteiger charge is 2.50. The SMILES string of the molecule is O=C(NC(Cc1ccc(C(F)(F)P(=O)(O)O)cc1)C(=O)NCCCOc1ccc(Cl)c(Cl)c1)OCc1ccccc1. The van der Waals surface area contributed by atoms with E-state index in [0.29, 0.717) is 27.8 Å². The van der Waals surface area contributed by atoms with E-state index in [-0.39, 0.29) is 26.2 Å². The smallest absolute Gasteiger partial charge is 0.408 e. The summed E-state index contributed by atoms with van der Waals surface area (Å²) in [5.74, 6) is -0.0694. The first kappa shape index (κ1) is 32.3. The van der Waals surface area contributed by atoms with Gasteiger partial charge >= 0.3 is 19.4 Å². The zero-order valence-corrected chi connectivity index (χ0v) is 23.8. The number of rotatable bonds is 13. The zero-order valence-electron chi connectivity index (χ0n) is 21.4. The molecule has 0 aliphatic rings. The van der Waals surface area contributed by atoms with Gasteiger partial charge in [0, 0.05) is 24.6 Å². The molecule has 4 N–H and O–H groups in total. The van der Waals surface area contributed by atoms with Crippen molar-refractivity contribution in [3.05, 3.63) is 99.5 Å². The van der Waals surface area contributed by atoms with Crippen LogP contribution in [0.25, 0.3) is 0 Å². The molecule has 220 valence electrons. The van der Waals surface area contributed by atoms with E-state index in [1.54, 1.807) is 48.5 Å². The molecule has 0 saturated heterocycles. The van der Waals surface area contributed by atoms with E-state index in [0.717, 1.165) is 17.7 Å². The summed E-state index contributed by atoms with van der Waals surface area (Å²) in [7, 11) is -5.74. The van der Waals surface area contributed by atoms with Gasteiger partial charge in [-0.15, -0.1) is 0 Å². The van der Waals surface area contributed by atoms with Crippen molar-refractivity contribution >= 4 is 42.8 Å².